The lowest BCUT2D eigenvalue weighted by molar-refractivity contribution is 0.570. The third-order valence-corrected chi connectivity index (χ3v) is 1.81. The molecule has 1 aromatic heterocycles. The molecule has 0 aromatic carbocycles. The molecule has 0 amide bonds. The fraction of sp³-hybridized carbons (Fsp3) is 0.167. The smallest absolute Gasteiger partial charge is 0.226 e. The molecule has 0 fully saturated rings. The second kappa shape index (κ2) is 2.98. The van der Waals surface area contributed by atoms with Gasteiger partial charge in [0.1, 0.15) is 12.3 Å². The molecule has 4 heteroatoms. The minimum Gasteiger partial charge on any atom is -0.612 e. The van der Waals surface area contributed by atoms with Gasteiger partial charge in [-0.2, -0.15) is 4.39 Å². The van der Waals surface area contributed by atoms with E-state index >= 15 is 0 Å². The second-order valence-corrected chi connectivity index (χ2v) is 3.03. The van der Waals surface area contributed by atoms with Crippen molar-refractivity contribution in [3.63, 3.8) is 0 Å². The molecule has 0 bridgehead atoms. The summed E-state index contributed by atoms with van der Waals surface area (Å²) in [5.74, 6) is -0.715. The van der Waals surface area contributed by atoms with Crippen molar-refractivity contribution >= 4 is 11.2 Å². The van der Waals surface area contributed by atoms with Crippen molar-refractivity contribution in [1.82, 2.24) is 4.98 Å². The topological polar surface area (TPSA) is 36.0 Å². The molecule has 2 nitrogen and oxygen atoms in total. The molecule has 1 radical (unpaired) electrons. The number of hydrogen-bond acceptors (Lipinski definition) is 2. The zero-order valence-electron chi connectivity index (χ0n) is 5.30. The Morgan fingerprint density at radius 1 is 1.80 bits per heavy atom. The van der Waals surface area contributed by atoms with Crippen LogP contribution in [0.5, 0.6) is 0 Å². The molecule has 10 heavy (non-hydrogen) atoms. The molecule has 1 heterocycles. The highest BCUT2D eigenvalue weighted by Crippen LogP contribution is 2.06. The predicted molar refractivity (Wildman–Crippen MR) is 35.4 cm³/mol. The van der Waals surface area contributed by atoms with Gasteiger partial charge >= 0.3 is 0 Å². The zero-order chi connectivity index (χ0) is 7.56. The van der Waals surface area contributed by atoms with Gasteiger partial charge < -0.3 is 4.55 Å². The van der Waals surface area contributed by atoms with Crippen LogP contribution >= 0.6 is 0 Å². The monoisotopic (exact) mass is 158 g/mol. The molecular formula is C6H5FNOS. The van der Waals surface area contributed by atoms with Crippen molar-refractivity contribution < 1.29 is 8.94 Å². The highest BCUT2D eigenvalue weighted by molar-refractivity contribution is 7.90. The fourth-order valence-electron chi connectivity index (χ4n) is 0.514. The van der Waals surface area contributed by atoms with Gasteiger partial charge in [-0.25, -0.2) is 4.98 Å². The predicted octanol–water partition coefficient (Wildman–Crippen LogP) is 0.758. The first-order valence-electron chi connectivity index (χ1n) is 2.57. The summed E-state index contributed by atoms with van der Waals surface area (Å²) >= 11 is -1.17. The lowest BCUT2D eigenvalue weighted by atomic mass is 10.5. The molecule has 0 saturated heterocycles. The van der Waals surface area contributed by atoms with Crippen LogP contribution in [0.25, 0.3) is 0 Å². The zero-order valence-corrected chi connectivity index (χ0v) is 6.11. The van der Waals surface area contributed by atoms with Crippen LogP contribution < -0.4 is 0 Å². The van der Waals surface area contributed by atoms with E-state index in [0.717, 1.165) is 0 Å². The van der Waals surface area contributed by atoms with Crippen LogP contribution in [0.15, 0.2) is 17.2 Å². The average molecular weight is 158 g/mol. The summed E-state index contributed by atoms with van der Waals surface area (Å²) in [4.78, 5) is 3.61. The van der Waals surface area contributed by atoms with E-state index in [-0.39, 0.29) is 0 Å². The number of halogens is 1. The van der Waals surface area contributed by atoms with E-state index in [1.54, 1.807) is 0 Å². The third kappa shape index (κ3) is 1.68. The van der Waals surface area contributed by atoms with Gasteiger partial charge in [-0.05, 0) is 11.2 Å². The van der Waals surface area contributed by atoms with E-state index in [0.29, 0.717) is 4.90 Å². The molecule has 0 N–H and O–H groups in total. The van der Waals surface area contributed by atoms with Crippen molar-refractivity contribution in [3.8, 4) is 0 Å². The number of rotatable bonds is 1. The summed E-state index contributed by atoms with van der Waals surface area (Å²) < 4.78 is 22.9. The molecule has 1 aromatic rings. The second-order valence-electron chi connectivity index (χ2n) is 1.68. The lowest BCUT2D eigenvalue weighted by Gasteiger charge is -2.00. The van der Waals surface area contributed by atoms with Crippen LogP contribution in [0.4, 0.5) is 4.39 Å². The maximum atomic E-state index is 12.2. The van der Waals surface area contributed by atoms with Gasteiger partial charge in [-0.1, -0.05) is 0 Å². The van der Waals surface area contributed by atoms with Crippen LogP contribution in [0.1, 0.15) is 0 Å². The summed E-state index contributed by atoms with van der Waals surface area (Å²) in [5, 5.41) is 0. The lowest BCUT2D eigenvalue weighted by Crippen LogP contribution is -1.98. The summed E-state index contributed by atoms with van der Waals surface area (Å²) in [6.45, 7) is 0. The fourth-order valence-corrected chi connectivity index (χ4v) is 0.994. The Labute approximate surface area is 61.3 Å². The molecule has 0 spiro atoms. The van der Waals surface area contributed by atoms with Crippen LogP contribution in [0.2, 0.25) is 0 Å². The van der Waals surface area contributed by atoms with Crippen LogP contribution in [0, 0.1) is 12.0 Å². The average Bonchev–Trinajstić information content (AvgIpc) is 1.88. The first-order valence-corrected chi connectivity index (χ1v) is 4.13. The van der Waals surface area contributed by atoms with Gasteiger partial charge in [-0.15, -0.1) is 0 Å². The van der Waals surface area contributed by atoms with E-state index in [1.807, 2.05) is 0 Å². The van der Waals surface area contributed by atoms with Crippen molar-refractivity contribution in [2.75, 3.05) is 6.26 Å². The molecule has 0 saturated carbocycles. The summed E-state index contributed by atoms with van der Waals surface area (Å²) in [5.41, 5.74) is 0. The molecule has 0 aliphatic carbocycles. The van der Waals surface area contributed by atoms with E-state index < -0.39 is 17.1 Å². The summed E-state index contributed by atoms with van der Waals surface area (Å²) in [7, 11) is 0. The third-order valence-electron chi connectivity index (χ3n) is 0.950. The first-order chi connectivity index (χ1) is 4.70. The van der Waals surface area contributed by atoms with E-state index in [9.17, 15) is 8.94 Å². The van der Waals surface area contributed by atoms with E-state index in [4.69, 9.17) is 0 Å². The molecule has 1 rings (SSSR count). The summed E-state index contributed by atoms with van der Waals surface area (Å²) in [6.07, 6.45) is 2.73. The Morgan fingerprint density at radius 3 is 2.90 bits per heavy atom. The largest absolute Gasteiger partial charge is 0.612 e. The van der Waals surface area contributed by atoms with Crippen molar-refractivity contribution in [2.45, 2.75) is 4.90 Å². The maximum absolute atomic E-state index is 12.2. The molecule has 1 atom stereocenters. The van der Waals surface area contributed by atoms with Crippen LogP contribution in [-0.2, 0) is 11.2 Å². The number of pyridine rings is 1. The Bertz CT molecular complexity index is 229. The van der Waals surface area contributed by atoms with Crippen LogP contribution in [0.3, 0.4) is 0 Å². The molecule has 0 aliphatic rings. The highest BCUT2D eigenvalue weighted by atomic mass is 32.2. The standard InChI is InChI=1S/C6H5FNOS/c1-10(9)5-2-3-8-6(7)4-5/h2-3H,1H3. The van der Waals surface area contributed by atoms with Crippen molar-refractivity contribution in [1.29, 1.82) is 0 Å². The SMILES string of the molecule is C[S+]([O-])c1[c]c(F)ncc1. The Morgan fingerprint density at radius 2 is 2.50 bits per heavy atom. The van der Waals surface area contributed by atoms with Gasteiger partial charge in [0.25, 0.3) is 0 Å². The van der Waals surface area contributed by atoms with Gasteiger partial charge in [0.15, 0.2) is 4.90 Å². The Kier molecular flexibility index (Phi) is 2.24. The normalized spacial score (nSPS) is 13.1. The van der Waals surface area contributed by atoms with E-state index in [2.05, 4.69) is 11.1 Å². The Hall–Kier alpha value is -0.610. The molecular weight excluding hydrogens is 153 g/mol. The minimum absolute atomic E-state index is 0.340. The maximum Gasteiger partial charge on any atom is 0.226 e. The van der Waals surface area contributed by atoms with E-state index in [1.165, 1.54) is 18.5 Å². The highest BCUT2D eigenvalue weighted by Gasteiger charge is 2.04. The number of nitrogens with zero attached hydrogens (tertiary/aromatic N) is 1. The van der Waals surface area contributed by atoms with Gasteiger partial charge in [0.2, 0.25) is 5.95 Å². The molecule has 53 valence electrons. The number of aromatic nitrogens is 1. The van der Waals surface area contributed by atoms with Gasteiger partial charge in [0.05, 0.1) is 0 Å². The number of hydrogen-bond donors (Lipinski definition) is 0. The van der Waals surface area contributed by atoms with Crippen molar-refractivity contribution in [2.24, 2.45) is 0 Å². The molecule has 0 aliphatic heterocycles. The Balaban J connectivity index is 2.96. The van der Waals surface area contributed by atoms with Crippen molar-refractivity contribution in [3.05, 3.63) is 24.3 Å². The minimum atomic E-state index is -1.17. The van der Waals surface area contributed by atoms with Crippen LogP contribution in [-0.4, -0.2) is 15.8 Å². The quantitative estimate of drug-likeness (QED) is 0.447. The van der Waals surface area contributed by atoms with Gasteiger partial charge in [-0.3, -0.25) is 0 Å². The van der Waals surface area contributed by atoms with Gasteiger partial charge in [0, 0.05) is 12.3 Å². The molecule has 1 unspecified atom stereocenters. The summed E-state index contributed by atoms with van der Waals surface area (Å²) in [6, 6.07) is 3.70. The first kappa shape index (κ1) is 7.50.